The quantitative estimate of drug-likeness (QED) is 0.188. The Morgan fingerprint density at radius 3 is 1.95 bits per heavy atom. The maximum absolute atomic E-state index is 12.5. The van der Waals surface area contributed by atoms with Crippen molar-refractivity contribution in [3.63, 3.8) is 0 Å². The van der Waals surface area contributed by atoms with Gasteiger partial charge in [0.1, 0.15) is 22.9 Å². The third-order valence-electron chi connectivity index (χ3n) is 12.6. The molecule has 63 heavy (non-hydrogen) atoms. The van der Waals surface area contributed by atoms with Crippen LogP contribution < -0.4 is 0 Å². The van der Waals surface area contributed by atoms with E-state index in [-0.39, 0.29) is 22.0 Å². The van der Waals surface area contributed by atoms with Crippen LogP contribution in [0.1, 0.15) is 79.0 Å². The lowest BCUT2D eigenvalue weighted by molar-refractivity contribution is 0.446. The molecule has 1 N–H and O–H groups in total. The molecule has 5 nitrogen and oxygen atoms in total. The van der Waals surface area contributed by atoms with Gasteiger partial charge in [0.15, 0.2) is 5.58 Å². The number of furan rings is 1. The molecular formula is C58H53N3O2. The SMILES string of the molecule is CC(C)(C)c1ccc(-n2c(-c3cc(C(C)(C)C)cc(C(C)(C)C)c3O)nc3c(-c4cccc(-c5nccc6c5oc5c7ccccc7ccc65)c4)cccc32)c(-c2ccccc2)c1. The van der Waals surface area contributed by atoms with Crippen molar-refractivity contribution < 1.29 is 9.52 Å². The summed E-state index contributed by atoms with van der Waals surface area (Å²) in [6.07, 6.45) is 1.88. The number of fused-ring (bicyclic) bond motifs is 6. The molecule has 0 aliphatic carbocycles. The molecule has 0 amide bonds. The van der Waals surface area contributed by atoms with Crippen LogP contribution in [-0.2, 0) is 16.2 Å². The summed E-state index contributed by atoms with van der Waals surface area (Å²) in [5, 5.41) is 16.8. The summed E-state index contributed by atoms with van der Waals surface area (Å²) < 4.78 is 9.01. The fourth-order valence-corrected chi connectivity index (χ4v) is 9.08. The highest BCUT2D eigenvalue weighted by Gasteiger charge is 2.30. The molecule has 0 aliphatic rings. The Kier molecular flexibility index (Phi) is 9.27. The number of rotatable bonds is 5. The predicted octanol–water partition coefficient (Wildman–Crippen LogP) is 15.7. The number of phenols is 1. The summed E-state index contributed by atoms with van der Waals surface area (Å²) >= 11 is 0. The fraction of sp³-hybridized carbons (Fsp3) is 0.207. The number of aromatic hydroxyl groups is 1. The van der Waals surface area contributed by atoms with Gasteiger partial charge in [0.25, 0.3) is 0 Å². The van der Waals surface area contributed by atoms with E-state index in [2.05, 4.69) is 206 Å². The minimum absolute atomic E-state index is 0.0731. The first kappa shape index (κ1) is 40.1. The molecule has 0 bridgehead atoms. The Morgan fingerprint density at radius 2 is 1.19 bits per heavy atom. The Hall–Kier alpha value is -6.98. The molecule has 3 heterocycles. The van der Waals surface area contributed by atoms with Crippen molar-refractivity contribution >= 4 is 43.7 Å². The molecular weight excluding hydrogens is 771 g/mol. The molecule has 10 aromatic rings. The number of imidazole rings is 1. The maximum Gasteiger partial charge on any atom is 0.161 e. The lowest BCUT2D eigenvalue weighted by Gasteiger charge is -2.28. The molecule has 0 saturated heterocycles. The number of hydrogen-bond acceptors (Lipinski definition) is 4. The maximum atomic E-state index is 12.5. The number of pyridine rings is 1. The van der Waals surface area contributed by atoms with Crippen molar-refractivity contribution in [1.29, 1.82) is 0 Å². The standard InChI is InChI=1S/C58H53N3O2/c1-56(2,3)39-26-28-48(45(32-39)35-17-11-10-12-18-35)61-49-24-16-23-41(51(49)60-55(61)46-33-40(57(4,5)6)34-47(52(46)62)58(7,8)9)37-20-15-21-38(31-37)50-54-44(29-30-59-50)43-27-25-36-19-13-14-22-42(36)53(43)63-54/h10-34,62H,1-9H3. The number of aromatic nitrogens is 3. The van der Waals surface area contributed by atoms with Gasteiger partial charge in [0, 0.05) is 44.6 Å². The van der Waals surface area contributed by atoms with Crippen LogP contribution in [0.25, 0.3) is 94.3 Å². The van der Waals surface area contributed by atoms with Gasteiger partial charge in [0.2, 0.25) is 0 Å². The number of phenolic OH excluding ortho intramolecular Hbond substituents is 1. The van der Waals surface area contributed by atoms with Crippen LogP contribution >= 0.6 is 0 Å². The monoisotopic (exact) mass is 823 g/mol. The Morgan fingerprint density at radius 1 is 0.508 bits per heavy atom. The molecule has 10 rings (SSSR count). The van der Waals surface area contributed by atoms with E-state index in [1.54, 1.807) is 0 Å². The number of benzene rings is 7. The van der Waals surface area contributed by atoms with Gasteiger partial charge < -0.3 is 9.52 Å². The van der Waals surface area contributed by atoms with E-state index in [1.807, 2.05) is 12.3 Å². The highest BCUT2D eigenvalue weighted by atomic mass is 16.3. The fourth-order valence-electron chi connectivity index (χ4n) is 9.08. The molecule has 7 aromatic carbocycles. The summed E-state index contributed by atoms with van der Waals surface area (Å²) in [5.74, 6) is 0.935. The van der Waals surface area contributed by atoms with Crippen LogP contribution in [0, 0.1) is 0 Å². The molecule has 312 valence electrons. The van der Waals surface area contributed by atoms with Gasteiger partial charge in [-0.25, -0.2) is 4.98 Å². The lowest BCUT2D eigenvalue weighted by Crippen LogP contribution is -2.17. The van der Waals surface area contributed by atoms with Crippen LogP contribution in [0.4, 0.5) is 0 Å². The van der Waals surface area contributed by atoms with Crippen molar-refractivity contribution in [2.24, 2.45) is 0 Å². The van der Waals surface area contributed by atoms with Gasteiger partial charge in [-0.15, -0.1) is 0 Å². The van der Waals surface area contributed by atoms with Gasteiger partial charge in [0.05, 0.1) is 22.3 Å². The van der Waals surface area contributed by atoms with Gasteiger partial charge in [-0.05, 0) is 86.3 Å². The van der Waals surface area contributed by atoms with Gasteiger partial charge in [-0.2, -0.15) is 0 Å². The van der Waals surface area contributed by atoms with Gasteiger partial charge in [-0.1, -0.05) is 165 Å². The Labute approximate surface area is 369 Å². The Balaban J connectivity index is 1.24. The summed E-state index contributed by atoms with van der Waals surface area (Å²) in [6.45, 7) is 19.9. The van der Waals surface area contributed by atoms with Crippen LogP contribution in [0.5, 0.6) is 5.75 Å². The van der Waals surface area contributed by atoms with Crippen molar-refractivity contribution in [3.8, 4) is 56.3 Å². The van der Waals surface area contributed by atoms with E-state index in [0.717, 1.165) is 94.1 Å². The second kappa shape index (κ2) is 14.6. The molecule has 0 radical (unpaired) electrons. The Bertz CT molecular complexity index is 3400. The highest BCUT2D eigenvalue weighted by Crippen LogP contribution is 2.46. The molecule has 0 fully saturated rings. The second-order valence-electron chi connectivity index (χ2n) is 20.1. The van der Waals surface area contributed by atoms with Crippen molar-refractivity contribution in [2.75, 3.05) is 0 Å². The topological polar surface area (TPSA) is 64.1 Å². The van der Waals surface area contributed by atoms with E-state index < -0.39 is 0 Å². The lowest BCUT2D eigenvalue weighted by atomic mass is 9.79. The largest absolute Gasteiger partial charge is 0.507 e. The van der Waals surface area contributed by atoms with E-state index >= 15 is 0 Å². The molecule has 0 saturated carbocycles. The van der Waals surface area contributed by atoms with Crippen molar-refractivity contribution in [3.05, 3.63) is 168 Å². The van der Waals surface area contributed by atoms with E-state index in [4.69, 9.17) is 14.4 Å². The third kappa shape index (κ3) is 6.87. The summed E-state index contributed by atoms with van der Waals surface area (Å²) in [4.78, 5) is 10.6. The van der Waals surface area contributed by atoms with E-state index in [1.165, 1.54) is 5.56 Å². The highest BCUT2D eigenvalue weighted by molar-refractivity contribution is 6.16. The normalized spacial score (nSPS) is 12.6. The zero-order chi connectivity index (χ0) is 44.0. The van der Waals surface area contributed by atoms with E-state index in [0.29, 0.717) is 11.4 Å². The average molecular weight is 824 g/mol. The summed E-state index contributed by atoms with van der Waals surface area (Å²) in [6, 6.07) is 51.4. The van der Waals surface area contributed by atoms with Gasteiger partial charge in [-0.3, -0.25) is 9.55 Å². The molecule has 5 heteroatoms. The minimum atomic E-state index is -0.323. The molecule has 0 spiro atoms. The van der Waals surface area contributed by atoms with Crippen LogP contribution in [0.15, 0.2) is 156 Å². The number of nitrogens with zero attached hydrogens (tertiary/aromatic N) is 3. The first-order valence-corrected chi connectivity index (χ1v) is 22.0. The van der Waals surface area contributed by atoms with E-state index in [9.17, 15) is 5.11 Å². The van der Waals surface area contributed by atoms with Crippen LogP contribution in [0.2, 0.25) is 0 Å². The molecule has 0 atom stereocenters. The summed E-state index contributed by atoms with van der Waals surface area (Å²) in [5.41, 5.74) is 13.7. The molecule has 0 unspecified atom stereocenters. The summed E-state index contributed by atoms with van der Waals surface area (Å²) in [7, 11) is 0. The zero-order valence-electron chi connectivity index (χ0n) is 37.6. The molecule has 0 aliphatic heterocycles. The minimum Gasteiger partial charge on any atom is -0.507 e. The smallest absolute Gasteiger partial charge is 0.161 e. The first-order chi connectivity index (χ1) is 30.1. The van der Waals surface area contributed by atoms with Crippen LogP contribution in [0.3, 0.4) is 0 Å². The third-order valence-corrected chi connectivity index (χ3v) is 12.6. The molecule has 3 aromatic heterocycles. The number of para-hydroxylation sites is 1. The van der Waals surface area contributed by atoms with Crippen molar-refractivity contribution in [2.45, 2.75) is 78.6 Å². The first-order valence-electron chi connectivity index (χ1n) is 22.0. The van der Waals surface area contributed by atoms with Gasteiger partial charge >= 0.3 is 0 Å². The van der Waals surface area contributed by atoms with Crippen molar-refractivity contribution in [1.82, 2.24) is 14.5 Å². The number of hydrogen-bond donors (Lipinski definition) is 1. The second-order valence-corrected chi connectivity index (χ2v) is 20.1. The van der Waals surface area contributed by atoms with Crippen LogP contribution in [-0.4, -0.2) is 19.6 Å². The average Bonchev–Trinajstić information content (AvgIpc) is 3.85. The predicted molar refractivity (Wildman–Crippen MR) is 263 cm³/mol. The zero-order valence-corrected chi connectivity index (χ0v) is 37.6.